The van der Waals surface area contributed by atoms with Gasteiger partial charge in [0.1, 0.15) is 13.2 Å². The quantitative estimate of drug-likeness (QED) is 0.0261. The second-order valence-electron chi connectivity index (χ2n) is 23.8. The molecule has 0 heterocycles. The number of allylic oxidation sites excluding steroid dienone is 6. The molecule has 0 rings (SSSR count). The summed E-state index contributed by atoms with van der Waals surface area (Å²) in [7, 11) is 0. The van der Waals surface area contributed by atoms with Crippen molar-refractivity contribution in [2.24, 2.45) is 0 Å². The minimum Gasteiger partial charge on any atom is -0.462 e. The van der Waals surface area contributed by atoms with E-state index in [1.165, 1.54) is 257 Å². The van der Waals surface area contributed by atoms with Gasteiger partial charge in [-0.2, -0.15) is 0 Å². The van der Waals surface area contributed by atoms with Gasteiger partial charge in [0, 0.05) is 19.3 Å². The molecule has 0 saturated carbocycles. The third kappa shape index (κ3) is 64.5. The summed E-state index contributed by atoms with van der Waals surface area (Å²) in [6.07, 6.45) is 83.3. The molecule has 0 radical (unpaired) electrons. The van der Waals surface area contributed by atoms with Crippen LogP contribution in [-0.2, 0) is 28.6 Å². The first-order chi connectivity index (χ1) is 38.5. The van der Waals surface area contributed by atoms with E-state index in [-0.39, 0.29) is 31.1 Å². The summed E-state index contributed by atoms with van der Waals surface area (Å²) in [5.41, 5.74) is 0. The fourth-order valence-electron chi connectivity index (χ4n) is 10.6. The Morgan fingerprint density at radius 3 is 0.731 bits per heavy atom. The number of hydrogen-bond acceptors (Lipinski definition) is 6. The van der Waals surface area contributed by atoms with Gasteiger partial charge in [-0.15, -0.1) is 0 Å². The average molecular weight is 1100 g/mol. The molecular weight excluding hydrogens is 961 g/mol. The van der Waals surface area contributed by atoms with Gasteiger partial charge in [0.2, 0.25) is 0 Å². The zero-order valence-corrected chi connectivity index (χ0v) is 52.7. The largest absolute Gasteiger partial charge is 0.462 e. The molecule has 6 nitrogen and oxygen atoms in total. The monoisotopic (exact) mass is 1100 g/mol. The van der Waals surface area contributed by atoms with Crippen LogP contribution in [0.5, 0.6) is 0 Å². The second-order valence-corrected chi connectivity index (χ2v) is 23.8. The number of esters is 3. The highest BCUT2D eigenvalue weighted by molar-refractivity contribution is 5.71. The van der Waals surface area contributed by atoms with Crippen LogP contribution in [0.3, 0.4) is 0 Å². The summed E-state index contributed by atoms with van der Waals surface area (Å²) in [6, 6.07) is 0. The Balaban J connectivity index is 4.16. The minimum absolute atomic E-state index is 0.0764. The lowest BCUT2D eigenvalue weighted by molar-refractivity contribution is -0.167. The highest BCUT2D eigenvalue weighted by Gasteiger charge is 2.19. The number of ether oxygens (including phenoxy) is 3. The van der Waals surface area contributed by atoms with Gasteiger partial charge in [-0.25, -0.2) is 0 Å². The average Bonchev–Trinajstić information content (AvgIpc) is 3.44. The molecule has 0 saturated heterocycles. The maximum Gasteiger partial charge on any atom is 0.306 e. The molecule has 0 fully saturated rings. The summed E-state index contributed by atoms with van der Waals surface area (Å²) in [4.78, 5) is 38.3. The second kappa shape index (κ2) is 67.1. The van der Waals surface area contributed by atoms with Crippen molar-refractivity contribution in [1.82, 2.24) is 0 Å². The highest BCUT2D eigenvalue weighted by atomic mass is 16.6. The van der Waals surface area contributed by atoms with Gasteiger partial charge in [-0.1, -0.05) is 327 Å². The van der Waals surface area contributed by atoms with Gasteiger partial charge < -0.3 is 14.2 Å². The van der Waals surface area contributed by atoms with Crippen molar-refractivity contribution in [3.8, 4) is 0 Å². The molecule has 0 N–H and O–H groups in total. The van der Waals surface area contributed by atoms with E-state index in [2.05, 4.69) is 57.2 Å². The summed E-state index contributed by atoms with van der Waals surface area (Å²) in [6.45, 7) is 6.66. The molecule has 1 atom stereocenters. The van der Waals surface area contributed by atoms with Crippen LogP contribution in [0, 0.1) is 0 Å². The molecule has 0 aliphatic rings. The zero-order chi connectivity index (χ0) is 56.4. The van der Waals surface area contributed by atoms with Crippen molar-refractivity contribution in [3.63, 3.8) is 0 Å². The molecule has 78 heavy (non-hydrogen) atoms. The Kier molecular flexibility index (Phi) is 65.1. The van der Waals surface area contributed by atoms with E-state index in [0.717, 1.165) is 89.9 Å². The van der Waals surface area contributed by atoms with Crippen LogP contribution in [0.2, 0.25) is 0 Å². The van der Waals surface area contributed by atoms with Crippen LogP contribution in [0.15, 0.2) is 36.5 Å². The number of carbonyl (C=O) groups is 3. The van der Waals surface area contributed by atoms with Crippen molar-refractivity contribution in [1.29, 1.82) is 0 Å². The lowest BCUT2D eigenvalue weighted by atomic mass is 10.0. The van der Waals surface area contributed by atoms with Crippen molar-refractivity contribution in [2.75, 3.05) is 13.2 Å². The van der Waals surface area contributed by atoms with Crippen molar-refractivity contribution in [2.45, 2.75) is 393 Å². The predicted octanol–water partition coefficient (Wildman–Crippen LogP) is 23.9. The predicted molar refractivity (Wildman–Crippen MR) is 339 cm³/mol. The Hall–Kier alpha value is -2.37. The smallest absolute Gasteiger partial charge is 0.306 e. The first-order valence-corrected chi connectivity index (χ1v) is 35.0. The van der Waals surface area contributed by atoms with E-state index in [0.29, 0.717) is 19.3 Å². The van der Waals surface area contributed by atoms with Gasteiger partial charge in [0.05, 0.1) is 0 Å². The van der Waals surface area contributed by atoms with Gasteiger partial charge >= 0.3 is 17.9 Å². The first kappa shape index (κ1) is 75.6. The maximum absolute atomic E-state index is 12.9. The topological polar surface area (TPSA) is 78.9 Å². The molecule has 0 amide bonds. The summed E-state index contributed by atoms with van der Waals surface area (Å²) in [5.74, 6) is -0.875. The standard InChI is InChI=1S/C72H134O6/c1-4-7-10-13-16-19-22-25-28-30-31-32-33-34-35-36-37-38-39-40-41-42-43-45-47-50-53-56-59-62-65-71(74)77-68-69(67-76-70(73)64-61-58-55-52-49-46-27-24-21-18-15-12-9-6-3)78-72(75)66-63-60-57-54-51-48-44-29-26-23-20-17-14-11-8-5-2/h20,23-24,27,29,44,69H,4-19,21-22,25-26,28,30-43,45-68H2,1-3H3/b23-20-,27-24-,44-29-. The number of rotatable bonds is 65. The first-order valence-electron chi connectivity index (χ1n) is 35.0. The van der Waals surface area contributed by atoms with E-state index in [9.17, 15) is 14.4 Å². The third-order valence-electron chi connectivity index (χ3n) is 15.9. The summed E-state index contributed by atoms with van der Waals surface area (Å²) < 4.78 is 16.9. The zero-order valence-electron chi connectivity index (χ0n) is 52.7. The fourth-order valence-corrected chi connectivity index (χ4v) is 10.6. The fraction of sp³-hybridized carbons (Fsp3) is 0.875. The number of hydrogen-bond donors (Lipinski definition) is 0. The van der Waals surface area contributed by atoms with Gasteiger partial charge in [0.15, 0.2) is 6.10 Å². The van der Waals surface area contributed by atoms with Crippen molar-refractivity contribution in [3.05, 3.63) is 36.5 Å². The maximum atomic E-state index is 12.9. The van der Waals surface area contributed by atoms with Crippen LogP contribution in [0.25, 0.3) is 0 Å². The van der Waals surface area contributed by atoms with E-state index in [1.807, 2.05) is 0 Å². The van der Waals surface area contributed by atoms with E-state index >= 15 is 0 Å². The molecule has 6 heteroatoms. The Labute approximate surface area is 486 Å². The van der Waals surface area contributed by atoms with E-state index in [4.69, 9.17) is 14.2 Å². The van der Waals surface area contributed by atoms with Crippen LogP contribution in [-0.4, -0.2) is 37.2 Å². The summed E-state index contributed by atoms with van der Waals surface area (Å²) in [5, 5.41) is 0. The molecule has 0 aromatic heterocycles. The molecule has 0 aromatic carbocycles. The molecule has 0 bridgehead atoms. The lowest BCUT2D eigenvalue weighted by Gasteiger charge is -2.18. The van der Waals surface area contributed by atoms with Crippen LogP contribution < -0.4 is 0 Å². The van der Waals surface area contributed by atoms with Crippen molar-refractivity contribution < 1.29 is 28.6 Å². The Morgan fingerprint density at radius 1 is 0.256 bits per heavy atom. The van der Waals surface area contributed by atoms with Crippen LogP contribution in [0.1, 0.15) is 387 Å². The molecule has 0 aliphatic carbocycles. The molecular formula is C72H134O6. The SMILES string of the molecule is CCCCCC/C=C\C/C=C\CCCCCCCC(=O)OC(COC(=O)CCCCCCC/C=C\CCCCCCC)COC(=O)CCCCCCCCCCCCCCCCCCCCCCCCCCCCCCCC. The third-order valence-corrected chi connectivity index (χ3v) is 15.9. The van der Waals surface area contributed by atoms with Crippen molar-refractivity contribution >= 4 is 17.9 Å². The summed E-state index contributed by atoms with van der Waals surface area (Å²) >= 11 is 0. The van der Waals surface area contributed by atoms with Gasteiger partial charge in [-0.3, -0.25) is 14.4 Å². The van der Waals surface area contributed by atoms with Crippen LogP contribution in [0.4, 0.5) is 0 Å². The normalized spacial score (nSPS) is 12.2. The molecule has 458 valence electrons. The van der Waals surface area contributed by atoms with Gasteiger partial charge in [-0.05, 0) is 77.0 Å². The van der Waals surface area contributed by atoms with Crippen LogP contribution >= 0.6 is 0 Å². The molecule has 1 unspecified atom stereocenters. The van der Waals surface area contributed by atoms with E-state index < -0.39 is 6.10 Å². The number of unbranched alkanes of at least 4 members (excludes halogenated alkanes) is 48. The molecule has 0 spiro atoms. The number of carbonyl (C=O) groups excluding carboxylic acids is 3. The van der Waals surface area contributed by atoms with E-state index in [1.54, 1.807) is 0 Å². The Bertz CT molecular complexity index is 1300. The molecule has 0 aromatic rings. The Morgan fingerprint density at radius 2 is 0.462 bits per heavy atom. The minimum atomic E-state index is -0.782. The van der Waals surface area contributed by atoms with Gasteiger partial charge in [0.25, 0.3) is 0 Å². The lowest BCUT2D eigenvalue weighted by Crippen LogP contribution is -2.30. The molecule has 0 aliphatic heterocycles. The highest BCUT2D eigenvalue weighted by Crippen LogP contribution is 2.18.